The summed E-state index contributed by atoms with van der Waals surface area (Å²) in [6, 6.07) is 0. The summed E-state index contributed by atoms with van der Waals surface area (Å²) in [5.74, 6) is 1.79. The molecule has 0 aromatic heterocycles. The third kappa shape index (κ3) is 4.40. The standard InChI is InChI=1S/C11H24N2O/c1-4-12-6-11(14)8-13(3)7-10-5-9(10)2/h9-12,14H,4-8H2,1-3H3. The van der Waals surface area contributed by atoms with Gasteiger partial charge in [-0.05, 0) is 31.8 Å². The van der Waals surface area contributed by atoms with E-state index in [1.54, 1.807) is 0 Å². The molecule has 0 bridgehead atoms. The second-order valence-electron chi connectivity index (χ2n) is 4.66. The summed E-state index contributed by atoms with van der Waals surface area (Å²) in [5.41, 5.74) is 0. The van der Waals surface area contributed by atoms with Gasteiger partial charge in [0.15, 0.2) is 0 Å². The highest BCUT2D eigenvalue weighted by atomic mass is 16.3. The molecule has 3 nitrogen and oxygen atoms in total. The van der Waals surface area contributed by atoms with Gasteiger partial charge in [-0.1, -0.05) is 13.8 Å². The van der Waals surface area contributed by atoms with Crippen LogP contribution in [0.4, 0.5) is 0 Å². The Labute approximate surface area is 87.5 Å². The largest absolute Gasteiger partial charge is 0.390 e. The van der Waals surface area contributed by atoms with Gasteiger partial charge in [-0.2, -0.15) is 0 Å². The van der Waals surface area contributed by atoms with Crippen LogP contribution in [0.3, 0.4) is 0 Å². The molecule has 14 heavy (non-hydrogen) atoms. The van der Waals surface area contributed by atoms with Crippen LogP contribution in [0.25, 0.3) is 0 Å². The Morgan fingerprint density at radius 1 is 1.57 bits per heavy atom. The lowest BCUT2D eigenvalue weighted by Gasteiger charge is -2.20. The van der Waals surface area contributed by atoms with Crippen molar-refractivity contribution in [3.8, 4) is 0 Å². The van der Waals surface area contributed by atoms with Crippen molar-refractivity contribution in [2.45, 2.75) is 26.4 Å². The van der Waals surface area contributed by atoms with Crippen LogP contribution in [-0.2, 0) is 0 Å². The lowest BCUT2D eigenvalue weighted by molar-refractivity contribution is 0.122. The fourth-order valence-corrected chi connectivity index (χ4v) is 1.86. The number of nitrogens with one attached hydrogen (secondary N) is 1. The van der Waals surface area contributed by atoms with Crippen LogP contribution in [0, 0.1) is 11.8 Å². The molecular formula is C11H24N2O. The number of nitrogens with zero attached hydrogens (tertiary/aromatic N) is 1. The molecule has 3 atom stereocenters. The third-order valence-electron chi connectivity index (χ3n) is 2.97. The van der Waals surface area contributed by atoms with E-state index in [1.165, 1.54) is 6.42 Å². The van der Waals surface area contributed by atoms with E-state index in [4.69, 9.17) is 0 Å². The molecule has 0 aliphatic heterocycles. The Morgan fingerprint density at radius 3 is 2.71 bits per heavy atom. The Kier molecular flexibility index (Phi) is 4.85. The van der Waals surface area contributed by atoms with Crippen LogP contribution in [0.2, 0.25) is 0 Å². The Balaban J connectivity index is 2.03. The normalized spacial score (nSPS) is 28.1. The van der Waals surface area contributed by atoms with Gasteiger partial charge >= 0.3 is 0 Å². The summed E-state index contributed by atoms with van der Waals surface area (Å²) in [5, 5.41) is 12.8. The minimum Gasteiger partial charge on any atom is -0.390 e. The van der Waals surface area contributed by atoms with Crippen molar-refractivity contribution < 1.29 is 5.11 Å². The van der Waals surface area contributed by atoms with Crippen molar-refractivity contribution >= 4 is 0 Å². The first kappa shape index (κ1) is 12.0. The molecule has 0 spiro atoms. The fraction of sp³-hybridized carbons (Fsp3) is 1.00. The zero-order valence-corrected chi connectivity index (χ0v) is 9.66. The van der Waals surface area contributed by atoms with E-state index in [2.05, 4.69) is 31.1 Å². The second-order valence-corrected chi connectivity index (χ2v) is 4.66. The molecule has 0 aromatic carbocycles. The minimum atomic E-state index is -0.228. The molecule has 1 fully saturated rings. The van der Waals surface area contributed by atoms with E-state index in [-0.39, 0.29) is 6.10 Å². The highest BCUT2D eigenvalue weighted by molar-refractivity contribution is 4.84. The molecular weight excluding hydrogens is 176 g/mol. The molecule has 1 aliphatic rings. The Morgan fingerprint density at radius 2 is 2.21 bits per heavy atom. The topological polar surface area (TPSA) is 35.5 Å². The average molecular weight is 200 g/mol. The van der Waals surface area contributed by atoms with E-state index in [9.17, 15) is 5.11 Å². The van der Waals surface area contributed by atoms with E-state index in [0.29, 0.717) is 6.54 Å². The summed E-state index contributed by atoms with van der Waals surface area (Å²) in [6.07, 6.45) is 1.14. The first-order valence-corrected chi connectivity index (χ1v) is 5.70. The number of hydrogen-bond acceptors (Lipinski definition) is 3. The third-order valence-corrected chi connectivity index (χ3v) is 2.97. The smallest absolute Gasteiger partial charge is 0.0791 e. The molecule has 3 heteroatoms. The lowest BCUT2D eigenvalue weighted by atomic mass is 10.3. The van der Waals surface area contributed by atoms with Gasteiger partial charge in [0.2, 0.25) is 0 Å². The van der Waals surface area contributed by atoms with Gasteiger partial charge in [0.25, 0.3) is 0 Å². The van der Waals surface area contributed by atoms with Crippen LogP contribution >= 0.6 is 0 Å². The first-order valence-electron chi connectivity index (χ1n) is 5.70. The second kappa shape index (κ2) is 5.69. The van der Waals surface area contributed by atoms with Gasteiger partial charge in [-0.25, -0.2) is 0 Å². The predicted octanol–water partition coefficient (Wildman–Crippen LogP) is 0.545. The van der Waals surface area contributed by atoms with Crippen LogP contribution < -0.4 is 5.32 Å². The van der Waals surface area contributed by atoms with Gasteiger partial charge in [0.1, 0.15) is 0 Å². The van der Waals surface area contributed by atoms with E-state index in [1.807, 2.05) is 0 Å². The van der Waals surface area contributed by atoms with Crippen molar-refractivity contribution in [3.63, 3.8) is 0 Å². The summed E-state index contributed by atoms with van der Waals surface area (Å²) in [4.78, 5) is 2.25. The van der Waals surface area contributed by atoms with Crippen molar-refractivity contribution in [3.05, 3.63) is 0 Å². The quantitative estimate of drug-likeness (QED) is 0.630. The minimum absolute atomic E-state index is 0.228. The molecule has 3 unspecified atom stereocenters. The maximum absolute atomic E-state index is 9.65. The Hall–Kier alpha value is -0.120. The monoisotopic (exact) mass is 200 g/mol. The van der Waals surface area contributed by atoms with E-state index < -0.39 is 0 Å². The highest BCUT2D eigenvalue weighted by Crippen LogP contribution is 2.37. The van der Waals surface area contributed by atoms with Crippen LogP contribution in [0.1, 0.15) is 20.3 Å². The number of likely N-dealkylation sites (N-methyl/N-ethyl adjacent to an activating group) is 2. The molecule has 0 aromatic rings. The Bertz CT molecular complexity index is 163. The van der Waals surface area contributed by atoms with Gasteiger partial charge < -0.3 is 15.3 Å². The van der Waals surface area contributed by atoms with Crippen LogP contribution in [0.5, 0.6) is 0 Å². The summed E-state index contributed by atoms with van der Waals surface area (Å²) < 4.78 is 0. The molecule has 1 saturated carbocycles. The summed E-state index contributed by atoms with van der Waals surface area (Å²) >= 11 is 0. The fourth-order valence-electron chi connectivity index (χ4n) is 1.86. The molecule has 0 heterocycles. The maximum Gasteiger partial charge on any atom is 0.0791 e. The van der Waals surface area contributed by atoms with Crippen molar-refractivity contribution in [2.75, 3.05) is 33.2 Å². The molecule has 0 radical (unpaired) electrons. The number of aliphatic hydroxyl groups excluding tert-OH is 1. The van der Waals surface area contributed by atoms with Gasteiger partial charge in [0.05, 0.1) is 6.10 Å². The zero-order chi connectivity index (χ0) is 10.6. The lowest BCUT2D eigenvalue weighted by Crippen LogP contribution is -2.37. The molecule has 0 saturated heterocycles. The van der Waals surface area contributed by atoms with Crippen LogP contribution in [-0.4, -0.2) is 49.3 Å². The van der Waals surface area contributed by atoms with E-state index in [0.717, 1.165) is 31.5 Å². The van der Waals surface area contributed by atoms with Gasteiger partial charge in [0, 0.05) is 19.6 Å². The van der Waals surface area contributed by atoms with Crippen molar-refractivity contribution in [2.24, 2.45) is 11.8 Å². The summed E-state index contributed by atoms with van der Waals surface area (Å²) in [7, 11) is 2.10. The highest BCUT2D eigenvalue weighted by Gasteiger charge is 2.33. The maximum atomic E-state index is 9.65. The zero-order valence-electron chi connectivity index (χ0n) is 9.66. The first-order chi connectivity index (χ1) is 6.63. The van der Waals surface area contributed by atoms with Crippen molar-refractivity contribution in [1.29, 1.82) is 0 Å². The molecule has 1 rings (SSSR count). The van der Waals surface area contributed by atoms with E-state index >= 15 is 0 Å². The van der Waals surface area contributed by atoms with Gasteiger partial charge in [-0.3, -0.25) is 0 Å². The van der Waals surface area contributed by atoms with Crippen LogP contribution in [0.15, 0.2) is 0 Å². The number of hydrogen-bond donors (Lipinski definition) is 2. The SMILES string of the molecule is CCNCC(O)CN(C)CC1CC1C. The average Bonchev–Trinajstić information content (AvgIpc) is 2.77. The molecule has 1 aliphatic carbocycles. The number of aliphatic hydroxyl groups is 1. The molecule has 0 amide bonds. The number of rotatable bonds is 7. The predicted molar refractivity (Wildman–Crippen MR) is 59.3 cm³/mol. The summed E-state index contributed by atoms with van der Waals surface area (Å²) in [6.45, 7) is 7.93. The molecule has 84 valence electrons. The van der Waals surface area contributed by atoms with Gasteiger partial charge in [-0.15, -0.1) is 0 Å². The molecule has 2 N–H and O–H groups in total. The van der Waals surface area contributed by atoms with Crippen molar-refractivity contribution in [1.82, 2.24) is 10.2 Å².